The average Bonchev–Trinajstić information content (AvgIpc) is 2.87. The number of aromatic nitrogens is 2. The second kappa shape index (κ2) is 9.12. The van der Waals surface area contributed by atoms with Crippen LogP contribution in [0, 0.1) is 0 Å². The third kappa shape index (κ3) is 4.41. The monoisotopic (exact) mass is 441 g/mol. The number of piperazine rings is 1. The van der Waals surface area contributed by atoms with Crippen molar-refractivity contribution in [3.63, 3.8) is 0 Å². The summed E-state index contributed by atoms with van der Waals surface area (Å²) in [7, 11) is 0. The molecule has 0 unspecified atom stereocenters. The Labute approximate surface area is 191 Å². The summed E-state index contributed by atoms with van der Waals surface area (Å²) in [5, 5.41) is 0. The minimum atomic E-state index is -0.331. The SMILES string of the molecule is O=C(CN1C(=O)C(=Cc2ccccc2)Oc2ccccc21)N1CCN(c2ncccn2)CC1. The maximum atomic E-state index is 13.3. The second-order valence-electron chi connectivity index (χ2n) is 7.80. The Hall–Kier alpha value is -4.20. The van der Waals surface area contributed by atoms with Crippen LogP contribution in [-0.2, 0) is 9.59 Å². The molecule has 0 saturated carbocycles. The third-order valence-electron chi connectivity index (χ3n) is 5.69. The smallest absolute Gasteiger partial charge is 0.294 e. The summed E-state index contributed by atoms with van der Waals surface area (Å²) >= 11 is 0. The van der Waals surface area contributed by atoms with Crippen LogP contribution in [-0.4, -0.2) is 59.4 Å². The number of ether oxygens (including phenoxy) is 1. The van der Waals surface area contributed by atoms with Crippen LogP contribution in [0.5, 0.6) is 5.75 Å². The molecule has 33 heavy (non-hydrogen) atoms. The van der Waals surface area contributed by atoms with E-state index < -0.39 is 0 Å². The van der Waals surface area contributed by atoms with Crippen LogP contribution in [0.1, 0.15) is 5.56 Å². The number of carbonyl (C=O) groups is 2. The largest absolute Gasteiger partial charge is 0.449 e. The number of amides is 2. The van der Waals surface area contributed by atoms with Crippen molar-refractivity contribution in [2.24, 2.45) is 0 Å². The van der Waals surface area contributed by atoms with Gasteiger partial charge in [-0.25, -0.2) is 9.97 Å². The molecule has 1 aromatic heterocycles. The van der Waals surface area contributed by atoms with Crippen molar-refractivity contribution < 1.29 is 14.3 Å². The lowest BCUT2D eigenvalue weighted by Gasteiger charge is -2.36. The lowest BCUT2D eigenvalue weighted by atomic mass is 10.1. The summed E-state index contributed by atoms with van der Waals surface area (Å²) in [6.07, 6.45) is 5.12. The molecule has 0 radical (unpaired) electrons. The minimum absolute atomic E-state index is 0.0484. The van der Waals surface area contributed by atoms with Crippen LogP contribution in [0.4, 0.5) is 11.6 Å². The van der Waals surface area contributed by atoms with Crippen molar-refractivity contribution in [1.82, 2.24) is 14.9 Å². The normalized spacial score (nSPS) is 17.0. The van der Waals surface area contributed by atoms with Crippen LogP contribution in [0.25, 0.3) is 6.08 Å². The van der Waals surface area contributed by atoms with Gasteiger partial charge >= 0.3 is 0 Å². The standard InChI is InChI=1S/C25H23N5O3/c31-23(28-13-15-29(16-14-28)25-26-11-6-12-27-25)18-30-20-9-4-5-10-21(20)33-22(24(30)32)17-19-7-2-1-3-8-19/h1-12,17H,13-16,18H2. The topological polar surface area (TPSA) is 78.9 Å². The first-order chi connectivity index (χ1) is 16.2. The molecule has 1 fully saturated rings. The van der Waals surface area contributed by atoms with Gasteiger partial charge in [0.15, 0.2) is 11.5 Å². The molecule has 2 aliphatic rings. The summed E-state index contributed by atoms with van der Waals surface area (Å²) in [6.45, 7) is 2.33. The van der Waals surface area contributed by atoms with Gasteiger partial charge in [0.25, 0.3) is 5.91 Å². The predicted octanol–water partition coefficient (Wildman–Crippen LogP) is 2.59. The number of benzene rings is 2. The van der Waals surface area contributed by atoms with Gasteiger partial charge in [0.1, 0.15) is 6.54 Å². The maximum Gasteiger partial charge on any atom is 0.294 e. The van der Waals surface area contributed by atoms with Gasteiger partial charge in [-0.05, 0) is 29.8 Å². The van der Waals surface area contributed by atoms with Gasteiger partial charge in [0.2, 0.25) is 11.9 Å². The quantitative estimate of drug-likeness (QED) is 0.579. The van der Waals surface area contributed by atoms with E-state index in [1.54, 1.807) is 41.6 Å². The van der Waals surface area contributed by atoms with Crippen molar-refractivity contribution in [2.45, 2.75) is 0 Å². The molecule has 2 aliphatic heterocycles. The van der Waals surface area contributed by atoms with Crippen molar-refractivity contribution in [1.29, 1.82) is 0 Å². The van der Waals surface area contributed by atoms with Crippen molar-refractivity contribution in [2.75, 3.05) is 42.5 Å². The molecule has 5 rings (SSSR count). The number of fused-ring (bicyclic) bond motifs is 1. The summed E-state index contributed by atoms with van der Waals surface area (Å²) in [5.41, 5.74) is 1.45. The highest BCUT2D eigenvalue weighted by Crippen LogP contribution is 2.35. The number of hydrogen-bond donors (Lipinski definition) is 0. The van der Waals surface area contributed by atoms with Crippen LogP contribution in [0.15, 0.2) is 78.8 Å². The van der Waals surface area contributed by atoms with E-state index in [4.69, 9.17) is 4.74 Å². The Morgan fingerprint density at radius 1 is 0.909 bits per heavy atom. The first kappa shape index (κ1) is 20.7. The number of hydrogen-bond acceptors (Lipinski definition) is 6. The number of rotatable bonds is 4. The van der Waals surface area contributed by atoms with Gasteiger partial charge in [-0.15, -0.1) is 0 Å². The van der Waals surface area contributed by atoms with E-state index in [2.05, 4.69) is 14.9 Å². The molecule has 2 amide bonds. The van der Waals surface area contributed by atoms with E-state index in [0.29, 0.717) is 43.6 Å². The Bertz CT molecular complexity index is 1170. The molecular formula is C25H23N5O3. The minimum Gasteiger partial charge on any atom is -0.449 e. The van der Waals surface area contributed by atoms with Gasteiger partial charge in [-0.3, -0.25) is 14.5 Å². The molecular weight excluding hydrogens is 418 g/mol. The zero-order valence-corrected chi connectivity index (χ0v) is 18.0. The molecule has 2 aromatic carbocycles. The first-order valence-electron chi connectivity index (χ1n) is 10.8. The molecule has 0 spiro atoms. The molecule has 0 bridgehead atoms. The highest BCUT2D eigenvalue weighted by Gasteiger charge is 2.33. The molecule has 8 nitrogen and oxygen atoms in total. The first-order valence-corrected chi connectivity index (χ1v) is 10.8. The third-order valence-corrected chi connectivity index (χ3v) is 5.69. The predicted molar refractivity (Wildman–Crippen MR) is 125 cm³/mol. The second-order valence-corrected chi connectivity index (χ2v) is 7.80. The lowest BCUT2D eigenvalue weighted by molar-refractivity contribution is -0.131. The lowest BCUT2D eigenvalue weighted by Crippen LogP contribution is -2.53. The summed E-state index contributed by atoms with van der Waals surface area (Å²) in [6, 6.07) is 18.6. The molecule has 1 saturated heterocycles. The number of nitrogens with zero attached hydrogens (tertiary/aromatic N) is 5. The number of carbonyl (C=O) groups excluding carboxylic acids is 2. The molecule has 3 heterocycles. The molecule has 0 atom stereocenters. The van der Waals surface area contributed by atoms with E-state index in [1.807, 2.05) is 42.5 Å². The molecule has 3 aromatic rings. The molecule has 8 heteroatoms. The highest BCUT2D eigenvalue weighted by molar-refractivity contribution is 6.12. The van der Waals surface area contributed by atoms with Crippen LogP contribution >= 0.6 is 0 Å². The summed E-state index contributed by atoms with van der Waals surface area (Å²) in [5.74, 6) is 0.976. The van der Waals surface area contributed by atoms with Gasteiger partial charge in [0.05, 0.1) is 5.69 Å². The van der Waals surface area contributed by atoms with Gasteiger partial charge in [0, 0.05) is 38.6 Å². The molecule has 0 aliphatic carbocycles. The van der Waals surface area contributed by atoms with Gasteiger partial charge < -0.3 is 14.5 Å². The molecule has 0 N–H and O–H groups in total. The Morgan fingerprint density at radius 2 is 1.61 bits per heavy atom. The number of para-hydroxylation sites is 2. The summed E-state index contributed by atoms with van der Waals surface area (Å²) in [4.78, 5) is 40.3. The summed E-state index contributed by atoms with van der Waals surface area (Å²) < 4.78 is 5.89. The van der Waals surface area contributed by atoms with Crippen LogP contribution < -0.4 is 14.5 Å². The zero-order chi connectivity index (χ0) is 22.6. The van der Waals surface area contributed by atoms with Crippen molar-refractivity contribution in [3.8, 4) is 5.75 Å². The number of anilines is 2. The fourth-order valence-corrected chi connectivity index (χ4v) is 3.97. The molecule has 166 valence electrons. The van der Waals surface area contributed by atoms with E-state index in [1.165, 1.54) is 4.90 Å². The fourth-order valence-electron chi connectivity index (χ4n) is 3.97. The van der Waals surface area contributed by atoms with E-state index in [9.17, 15) is 9.59 Å². The Morgan fingerprint density at radius 3 is 2.36 bits per heavy atom. The maximum absolute atomic E-state index is 13.3. The highest BCUT2D eigenvalue weighted by atomic mass is 16.5. The Balaban J connectivity index is 1.32. The van der Waals surface area contributed by atoms with E-state index >= 15 is 0 Å². The van der Waals surface area contributed by atoms with Crippen LogP contribution in [0.2, 0.25) is 0 Å². The fraction of sp³-hybridized carbons (Fsp3) is 0.200. The van der Waals surface area contributed by atoms with E-state index in [0.717, 1.165) is 5.56 Å². The van der Waals surface area contributed by atoms with E-state index in [-0.39, 0.29) is 24.1 Å². The average molecular weight is 441 g/mol. The van der Waals surface area contributed by atoms with Crippen molar-refractivity contribution in [3.05, 3.63) is 84.4 Å². The van der Waals surface area contributed by atoms with Gasteiger partial charge in [-0.1, -0.05) is 42.5 Å². The Kier molecular flexibility index (Phi) is 5.72. The zero-order valence-electron chi connectivity index (χ0n) is 18.0. The van der Waals surface area contributed by atoms with Crippen molar-refractivity contribution >= 4 is 29.5 Å². The van der Waals surface area contributed by atoms with Gasteiger partial charge in [-0.2, -0.15) is 0 Å². The van der Waals surface area contributed by atoms with Crippen LogP contribution in [0.3, 0.4) is 0 Å².